The average molecular weight is 513 g/mol. The van der Waals surface area contributed by atoms with Gasteiger partial charge in [0.1, 0.15) is 23.1 Å². The van der Waals surface area contributed by atoms with Crippen molar-refractivity contribution in [2.24, 2.45) is 0 Å². The largest absolute Gasteiger partial charge is 0.484 e. The Kier molecular flexibility index (Phi) is 8.27. The lowest BCUT2D eigenvalue weighted by atomic mass is 10.3. The highest BCUT2D eigenvalue weighted by Gasteiger charge is 2.19. The van der Waals surface area contributed by atoms with Gasteiger partial charge in [-0.2, -0.15) is 0 Å². The average Bonchev–Trinajstić information content (AvgIpc) is 3.33. The summed E-state index contributed by atoms with van der Waals surface area (Å²) in [5, 5.41) is 12.1. The first-order valence-corrected chi connectivity index (χ1v) is 12.0. The van der Waals surface area contributed by atoms with E-state index in [2.05, 4.69) is 20.5 Å². The Morgan fingerprint density at radius 2 is 2.09 bits per heavy atom. The van der Waals surface area contributed by atoms with Crippen molar-refractivity contribution < 1.29 is 18.7 Å². The van der Waals surface area contributed by atoms with Crippen molar-refractivity contribution in [3.63, 3.8) is 0 Å². The number of benzene rings is 1. The smallest absolute Gasteiger partial charge is 0.265 e. The number of hydrogen-bond donors (Lipinski definition) is 1. The summed E-state index contributed by atoms with van der Waals surface area (Å²) in [6.45, 7) is 4.29. The summed E-state index contributed by atoms with van der Waals surface area (Å²) in [4.78, 5) is 30.8. The third kappa shape index (κ3) is 6.21. The summed E-state index contributed by atoms with van der Waals surface area (Å²) in [6.07, 6.45) is 0. The molecule has 0 radical (unpaired) electrons. The number of nitrogens with one attached hydrogen (secondary N) is 1. The summed E-state index contributed by atoms with van der Waals surface area (Å²) < 4.78 is 20.6. The second kappa shape index (κ2) is 10.9. The molecule has 0 aliphatic rings. The molecular formula is C20H22ClFN6O3S2. The molecular weight excluding hydrogens is 491 g/mol. The summed E-state index contributed by atoms with van der Waals surface area (Å²) >= 11 is 8.34. The molecule has 2 heterocycles. The van der Waals surface area contributed by atoms with Crippen LogP contribution in [0, 0.1) is 12.7 Å². The van der Waals surface area contributed by atoms with E-state index in [0.29, 0.717) is 39.0 Å². The molecule has 33 heavy (non-hydrogen) atoms. The summed E-state index contributed by atoms with van der Waals surface area (Å²) in [7, 11) is 3.32. The van der Waals surface area contributed by atoms with E-state index < -0.39 is 5.82 Å². The van der Waals surface area contributed by atoms with Crippen LogP contribution < -0.4 is 10.1 Å². The molecule has 3 aromatic rings. The molecule has 0 bridgehead atoms. The highest BCUT2D eigenvalue weighted by Crippen LogP contribution is 2.27. The Hall–Kier alpha value is -2.70. The van der Waals surface area contributed by atoms with Gasteiger partial charge in [-0.05, 0) is 32.0 Å². The molecule has 0 fully saturated rings. The van der Waals surface area contributed by atoms with Crippen LogP contribution in [0.15, 0.2) is 23.4 Å². The number of aryl methyl sites for hydroxylation is 1. The van der Waals surface area contributed by atoms with Gasteiger partial charge in [0.2, 0.25) is 5.91 Å². The van der Waals surface area contributed by atoms with Crippen LogP contribution in [0.3, 0.4) is 0 Å². The van der Waals surface area contributed by atoms with Crippen LogP contribution in [-0.2, 0) is 17.9 Å². The maximum Gasteiger partial charge on any atom is 0.265 e. The van der Waals surface area contributed by atoms with E-state index in [1.54, 1.807) is 21.0 Å². The van der Waals surface area contributed by atoms with Crippen LogP contribution in [0.4, 0.5) is 9.52 Å². The Bertz CT molecular complexity index is 1170. The number of carbonyl (C=O) groups excluding carboxylic acids is 2. The van der Waals surface area contributed by atoms with Gasteiger partial charge in [-0.25, -0.2) is 9.37 Å². The Morgan fingerprint density at radius 3 is 2.76 bits per heavy atom. The zero-order valence-electron chi connectivity index (χ0n) is 18.4. The van der Waals surface area contributed by atoms with Crippen molar-refractivity contribution >= 4 is 51.6 Å². The Morgan fingerprint density at radius 1 is 1.33 bits per heavy atom. The van der Waals surface area contributed by atoms with Gasteiger partial charge < -0.3 is 19.5 Å². The monoisotopic (exact) mass is 512 g/mol. The molecule has 0 saturated carbocycles. The van der Waals surface area contributed by atoms with Gasteiger partial charge in [0.05, 0.1) is 16.5 Å². The maximum atomic E-state index is 13.2. The number of rotatable bonds is 9. The third-order valence-corrected chi connectivity index (χ3v) is 6.66. The lowest BCUT2D eigenvalue weighted by Gasteiger charge is -2.10. The minimum absolute atomic E-state index is 0.0817. The molecule has 0 aliphatic carbocycles. The summed E-state index contributed by atoms with van der Waals surface area (Å²) in [6, 6.07) is 3.88. The molecule has 1 N–H and O–H groups in total. The van der Waals surface area contributed by atoms with E-state index in [-0.39, 0.29) is 29.2 Å². The van der Waals surface area contributed by atoms with Crippen molar-refractivity contribution in [3.05, 3.63) is 45.4 Å². The summed E-state index contributed by atoms with van der Waals surface area (Å²) in [5.74, 6) is 0.0748. The number of anilines is 1. The Balaban J connectivity index is 1.59. The van der Waals surface area contributed by atoms with Crippen molar-refractivity contribution in [2.45, 2.75) is 32.2 Å². The molecule has 0 unspecified atom stereocenters. The normalized spacial score (nSPS) is 10.8. The van der Waals surface area contributed by atoms with Crippen LogP contribution in [0.25, 0.3) is 0 Å². The van der Waals surface area contributed by atoms with E-state index in [0.717, 1.165) is 11.3 Å². The highest BCUT2D eigenvalue weighted by molar-refractivity contribution is 7.99. The molecule has 9 nitrogen and oxygen atoms in total. The lowest BCUT2D eigenvalue weighted by molar-refractivity contribution is -0.113. The quantitative estimate of drug-likeness (QED) is 0.434. The fraction of sp³-hybridized carbons (Fsp3) is 0.350. The highest BCUT2D eigenvalue weighted by atomic mass is 35.5. The molecule has 176 valence electrons. The standard InChI is InChI=1S/C20H22ClFN6O3S2/c1-5-28-15(9-31-14-7-6-12(22)8-13(14)21)25-26-20(28)32-10-16(29)24-19-23-11(2)17(33-19)18(30)27(3)4/h6-8H,5,9-10H2,1-4H3,(H,23,24,29). The molecule has 0 aliphatic heterocycles. The molecule has 0 spiro atoms. The fourth-order valence-electron chi connectivity index (χ4n) is 2.72. The Labute approximate surface area is 203 Å². The van der Waals surface area contributed by atoms with Gasteiger partial charge in [-0.1, -0.05) is 34.7 Å². The van der Waals surface area contributed by atoms with Gasteiger partial charge in [0.15, 0.2) is 16.1 Å². The first-order chi connectivity index (χ1) is 15.7. The second-order valence-electron chi connectivity index (χ2n) is 6.98. The van der Waals surface area contributed by atoms with E-state index in [1.807, 2.05) is 11.5 Å². The molecule has 1 aromatic carbocycles. The van der Waals surface area contributed by atoms with Crippen molar-refractivity contribution in [1.29, 1.82) is 0 Å². The number of thioether (sulfide) groups is 1. The second-order valence-corrected chi connectivity index (χ2v) is 9.33. The summed E-state index contributed by atoms with van der Waals surface area (Å²) in [5.41, 5.74) is 0.568. The van der Waals surface area contributed by atoms with Gasteiger partial charge in [-0.15, -0.1) is 10.2 Å². The molecule has 13 heteroatoms. The third-order valence-electron chi connectivity index (χ3n) is 4.34. The minimum Gasteiger partial charge on any atom is -0.484 e. The van der Waals surface area contributed by atoms with Crippen LogP contribution in [-0.4, -0.2) is 56.3 Å². The van der Waals surface area contributed by atoms with Gasteiger partial charge in [0.25, 0.3) is 5.91 Å². The van der Waals surface area contributed by atoms with Crippen LogP contribution in [0.1, 0.15) is 28.1 Å². The number of carbonyl (C=O) groups is 2. The number of nitrogens with zero attached hydrogens (tertiary/aromatic N) is 5. The fourth-order valence-corrected chi connectivity index (χ4v) is 4.77. The number of aromatic nitrogens is 4. The predicted octanol–water partition coefficient (Wildman–Crippen LogP) is 3.87. The van der Waals surface area contributed by atoms with Gasteiger partial charge in [0, 0.05) is 20.6 Å². The number of halogens is 2. The van der Waals surface area contributed by atoms with Crippen molar-refractivity contribution in [3.8, 4) is 5.75 Å². The minimum atomic E-state index is -0.450. The van der Waals surface area contributed by atoms with E-state index in [4.69, 9.17) is 16.3 Å². The van der Waals surface area contributed by atoms with Gasteiger partial charge in [-0.3, -0.25) is 9.59 Å². The van der Waals surface area contributed by atoms with E-state index >= 15 is 0 Å². The van der Waals surface area contributed by atoms with Crippen molar-refractivity contribution in [1.82, 2.24) is 24.6 Å². The number of thiazole rings is 1. The molecule has 2 aromatic heterocycles. The number of ether oxygens (including phenoxy) is 1. The van der Waals surface area contributed by atoms with Crippen molar-refractivity contribution in [2.75, 3.05) is 25.2 Å². The first-order valence-electron chi connectivity index (χ1n) is 9.81. The topological polar surface area (TPSA) is 102 Å². The van der Waals surface area contributed by atoms with E-state index in [1.165, 1.54) is 34.9 Å². The maximum absolute atomic E-state index is 13.2. The molecule has 2 amide bonds. The zero-order valence-corrected chi connectivity index (χ0v) is 20.8. The predicted molar refractivity (Wildman–Crippen MR) is 126 cm³/mol. The van der Waals surface area contributed by atoms with E-state index in [9.17, 15) is 14.0 Å². The van der Waals surface area contributed by atoms with Crippen LogP contribution in [0.2, 0.25) is 5.02 Å². The molecule has 0 saturated heterocycles. The molecule has 3 rings (SSSR count). The SMILES string of the molecule is CCn1c(COc2ccc(F)cc2Cl)nnc1SCC(=O)Nc1nc(C)c(C(=O)N(C)C)s1. The lowest BCUT2D eigenvalue weighted by Crippen LogP contribution is -2.21. The van der Waals surface area contributed by atoms with Crippen LogP contribution in [0.5, 0.6) is 5.75 Å². The zero-order chi connectivity index (χ0) is 24.1. The number of amides is 2. The van der Waals surface area contributed by atoms with Gasteiger partial charge >= 0.3 is 0 Å². The number of hydrogen-bond acceptors (Lipinski definition) is 8. The first kappa shape index (κ1) is 24.9. The molecule has 0 atom stereocenters. The van der Waals surface area contributed by atoms with Crippen LogP contribution >= 0.6 is 34.7 Å².